The zero-order valence-electron chi connectivity index (χ0n) is 13.1. The predicted octanol–water partition coefficient (Wildman–Crippen LogP) is 3.91. The topological polar surface area (TPSA) is 93.4 Å². The Morgan fingerprint density at radius 1 is 1.29 bits per heavy atom. The number of carbonyl (C=O) groups excluding carboxylic acids is 1. The van der Waals surface area contributed by atoms with Gasteiger partial charge in [0.25, 0.3) is 5.91 Å². The van der Waals surface area contributed by atoms with E-state index in [0.717, 1.165) is 11.1 Å². The minimum atomic E-state index is -0.574. The van der Waals surface area contributed by atoms with Crippen LogP contribution in [0.3, 0.4) is 0 Å². The van der Waals surface area contributed by atoms with Crippen LogP contribution in [0.2, 0.25) is 5.02 Å². The molecule has 0 aromatic heterocycles. The summed E-state index contributed by atoms with van der Waals surface area (Å²) in [6.45, 7) is 3.80. The Balaban J connectivity index is 2.33. The Labute approximate surface area is 144 Å². The average molecular weight is 343 g/mol. The minimum absolute atomic E-state index is 0.0755. The van der Waals surface area contributed by atoms with E-state index in [0.29, 0.717) is 11.3 Å². The molecule has 2 aromatic carbocycles. The van der Waals surface area contributed by atoms with Crippen molar-refractivity contribution in [2.24, 2.45) is 0 Å². The predicted molar refractivity (Wildman–Crippen MR) is 92.9 cm³/mol. The molecule has 2 rings (SSSR count). The van der Waals surface area contributed by atoms with E-state index >= 15 is 0 Å². The van der Waals surface area contributed by atoms with E-state index in [1.165, 1.54) is 18.2 Å². The molecular formula is C18H15ClN2O3. The summed E-state index contributed by atoms with van der Waals surface area (Å²) in [7, 11) is 0. The number of hydrogen-bond acceptors (Lipinski definition) is 4. The molecule has 0 aliphatic rings. The zero-order valence-corrected chi connectivity index (χ0v) is 13.8. The molecule has 2 aromatic rings. The van der Waals surface area contributed by atoms with E-state index < -0.39 is 17.4 Å². The van der Waals surface area contributed by atoms with Gasteiger partial charge in [0, 0.05) is 5.69 Å². The van der Waals surface area contributed by atoms with Crippen LogP contribution < -0.4 is 5.32 Å². The number of hydrogen-bond donors (Lipinski definition) is 3. The summed E-state index contributed by atoms with van der Waals surface area (Å²) in [6.07, 6.45) is 1.28. The molecule has 0 saturated heterocycles. The summed E-state index contributed by atoms with van der Waals surface area (Å²) in [4.78, 5) is 12.3. The molecule has 6 heteroatoms. The fraction of sp³-hybridized carbons (Fsp3) is 0.111. The summed E-state index contributed by atoms with van der Waals surface area (Å²) in [5.41, 5.74) is 2.71. The van der Waals surface area contributed by atoms with Crippen molar-refractivity contribution in [1.82, 2.24) is 0 Å². The standard InChI is InChI=1S/C18H15ClN2O3/c1-10-4-3-5-15(11(10)2)21-18(24)13(9-20)6-12-7-14(19)17(23)16(22)8-12/h3-8,22-23H,1-2H3,(H,21,24)/b13-6+. The maximum atomic E-state index is 12.3. The number of nitriles is 1. The van der Waals surface area contributed by atoms with Crippen molar-refractivity contribution < 1.29 is 15.0 Å². The van der Waals surface area contributed by atoms with Gasteiger partial charge in [-0.1, -0.05) is 23.7 Å². The van der Waals surface area contributed by atoms with E-state index in [1.807, 2.05) is 32.0 Å². The van der Waals surface area contributed by atoms with Crippen molar-refractivity contribution in [3.8, 4) is 17.6 Å². The van der Waals surface area contributed by atoms with Crippen molar-refractivity contribution in [3.05, 3.63) is 57.6 Å². The van der Waals surface area contributed by atoms with Gasteiger partial charge < -0.3 is 15.5 Å². The molecular weight excluding hydrogens is 328 g/mol. The van der Waals surface area contributed by atoms with Crippen LogP contribution >= 0.6 is 11.6 Å². The molecule has 0 aliphatic carbocycles. The van der Waals surface area contributed by atoms with Gasteiger partial charge in [-0.05, 0) is 54.8 Å². The van der Waals surface area contributed by atoms with Gasteiger partial charge in [-0.2, -0.15) is 5.26 Å². The molecule has 0 radical (unpaired) electrons. The Kier molecular flexibility index (Phi) is 5.12. The van der Waals surface area contributed by atoms with Crippen molar-refractivity contribution in [1.29, 1.82) is 5.26 Å². The number of benzene rings is 2. The van der Waals surface area contributed by atoms with Crippen molar-refractivity contribution in [2.45, 2.75) is 13.8 Å². The highest BCUT2D eigenvalue weighted by Crippen LogP contribution is 2.34. The Bertz CT molecular complexity index is 859. The number of rotatable bonds is 3. The quantitative estimate of drug-likeness (QED) is 0.448. The first-order chi connectivity index (χ1) is 11.3. The van der Waals surface area contributed by atoms with E-state index in [9.17, 15) is 20.3 Å². The van der Waals surface area contributed by atoms with Crippen LogP contribution in [0.5, 0.6) is 11.5 Å². The number of aryl methyl sites for hydroxylation is 1. The maximum Gasteiger partial charge on any atom is 0.266 e. The highest BCUT2D eigenvalue weighted by molar-refractivity contribution is 6.32. The molecule has 122 valence electrons. The van der Waals surface area contributed by atoms with Crippen LogP contribution in [0, 0.1) is 25.2 Å². The summed E-state index contributed by atoms with van der Waals surface area (Å²) in [6, 6.07) is 9.86. The van der Waals surface area contributed by atoms with Gasteiger partial charge in [0.1, 0.15) is 11.6 Å². The molecule has 0 saturated carbocycles. The summed E-state index contributed by atoms with van der Waals surface area (Å²) in [5.74, 6) is -1.46. The molecule has 1 amide bonds. The molecule has 3 N–H and O–H groups in total. The second kappa shape index (κ2) is 7.07. The molecule has 24 heavy (non-hydrogen) atoms. The molecule has 0 fully saturated rings. The third-order valence-electron chi connectivity index (χ3n) is 3.59. The monoisotopic (exact) mass is 342 g/mol. The fourth-order valence-electron chi connectivity index (χ4n) is 2.08. The lowest BCUT2D eigenvalue weighted by molar-refractivity contribution is -0.112. The van der Waals surface area contributed by atoms with Crippen molar-refractivity contribution in [3.63, 3.8) is 0 Å². The average Bonchev–Trinajstić information content (AvgIpc) is 2.54. The van der Waals surface area contributed by atoms with E-state index in [-0.39, 0.29) is 10.6 Å². The third-order valence-corrected chi connectivity index (χ3v) is 3.88. The number of aromatic hydroxyl groups is 2. The SMILES string of the molecule is Cc1cccc(NC(=O)/C(C#N)=C/c2cc(O)c(O)c(Cl)c2)c1C. The first-order valence-corrected chi connectivity index (χ1v) is 7.42. The number of nitrogens with zero attached hydrogens (tertiary/aromatic N) is 1. The van der Waals surface area contributed by atoms with Crippen LogP contribution in [-0.4, -0.2) is 16.1 Å². The number of phenols is 2. The van der Waals surface area contributed by atoms with Gasteiger partial charge >= 0.3 is 0 Å². The number of anilines is 1. The minimum Gasteiger partial charge on any atom is -0.504 e. The van der Waals surface area contributed by atoms with Crippen molar-refractivity contribution >= 4 is 29.3 Å². The molecule has 5 nitrogen and oxygen atoms in total. The Morgan fingerprint density at radius 3 is 2.62 bits per heavy atom. The number of phenolic OH excluding ortho intramolecular Hbond substituents is 2. The van der Waals surface area contributed by atoms with Gasteiger partial charge in [0.2, 0.25) is 0 Å². The number of carbonyl (C=O) groups is 1. The maximum absolute atomic E-state index is 12.3. The number of amides is 1. The second-order valence-corrected chi connectivity index (χ2v) is 5.65. The summed E-state index contributed by atoms with van der Waals surface area (Å²) in [5, 5.41) is 30.8. The molecule has 0 spiro atoms. The highest BCUT2D eigenvalue weighted by Gasteiger charge is 2.13. The molecule has 0 atom stereocenters. The third kappa shape index (κ3) is 3.67. The first-order valence-electron chi connectivity index (χ1n) is 7.04. The van der Waals surface area contributed by atoms with Crippen LogP contribution in [0.15, 0.2) is 35.9 Å². The van der Waals surface area contributed by atoms with Crippen LogP contribution in [0.1, 0.15) is 16.7 Å². The largest absolute Gasteiger partial charge is 0.504 e. The molecule has 0 unspecified atom stereocenters. The van der Waals surface area contributed by atoms with Gasteiger partial charge in [0.15, 0.2) is 11.5 Å². The Morgan fingerprint density at radius 2 is 2.00 bits per heavy atom. The van der Waals surface area contributed by atoms with Gasteiger partial charge in [-0.3, -0.25) is 4.79 Å². The summed E-state index contributed by atoms with van der Waals surface area (Å²) >= 11 is 5.77. The molecule has 0 aliphatic heterocycles. The highest BCUT2D eigenvalue weighted by atomic mass is 35.5. The van der Waals surface area contributed by atoms with Crippen LogP contribution in [0.25, 0.3) is 6.08 Å². The first kappa shape index (κ1) is 17.4. The molecule has 0 bridgehead atoms. The van der Waals surface area contributed by atoms with E-state index in [1.54, 1.807) is 6.07 Å². The normalized spacial score (nSPS) is 11.0. The lowest BCUT2D eigenvalue weighted by Gasteiger charge is -2.10. The zero-order chi connectivity index (χ0) is 17.9. The van der Waals surface area contributed by atoms with E-state index in [2.05, 4.69) is 5.32 Å². The fourth-order valence-corrected chi connectivity index (χ4v) is 2.30. The number of halogens is 1. The van der Waals surface area contributed by atoms with Crippen LogP contribution in [-0.2, 0) is 4.79 Å². The summed E-state index contributed by atoms with van der Waals surface area (Å²) < 4.78 is 0. The van der Waals surface area contributed by atoms with Crippen molar-refractivity contribution in [2.75, 3.05) is 5.32 Å². The second-order valence-electron chi connectivity index (χ2n) is 5.24. The smallest absolute Gasteiger partial charge is 0.266 e. The number of nitrogens with one attached hydrogen (secondary N) is 1. The lowest BCUT2D eigenvalue weighted by Crippen LogP contribution is -2.14. The van der Waals surface area contributed by atoms with Gasteiger partial charge in [0.05, 0.1) is 5.02 Å². The van der Waals surface area contributed by atoms with Crippen LogP contribution in [0.4, 0.5) is 5.69 Å². The van der Waals surface area contributed by atoms with E-state index in [4.69, 9.17) is 11.6 Å². The molecule has 0 heterocycles. The Hall–Kier alpha value is -2.97. The lowest BCUT2D eigenvalue weighted by atomic mass is 10.1. The van der Waals surface area contributed by atoms with Gasteiger partial charge in [-0.25, -0.2) is 0 Å². The van der Waals surface area contributed by atoms with Gasteiger partial charge in [-0.15, -0.1) is 0 Å².